The summed E-state index contributed by atoms with van der Waals surface area (Å²) in [7, 11) is 0. The molecule has 40 heavy (non-hydrogen) atoms. The molecule has 0 unspecified atom stereocenters. The molecule has 2 aromatic heterocycles. The first-order valence-electron chi connectivity index (χ1n) is 19.9. The molecular formula is C38H22O2. The second-order valence-corrected chi connectivity index (χ2v) is 9.32. The van der Waals surface area contributed by atoms with Gasteiger partial charge >= 0.3 is 0 Å². The van der Waals surface area contributed by atoms with Gasteiger partial charge in [-0.05, 0) is 61.6 Å². The van der Waals surface area contributed by atoms with Crippen LogP contribution in [0.3, 0.4) is 0 Å². The van der Waals surface area contributed by atoms with Gasteiger partial charge in [-0.1, -0.05) is 109 Å². The molecule has 2 nitrogen and oxygen atoms in total. The molecule has 0 saturated carbocycles. The summed E-state index contributed by atoms with van der Waals surface area (Å²) in [5.74, 6) is 0. The van der Waals surface area contributed by atoms with Crippen LogP contribution in [0, 0.1) is 0 Å². The van der Waals surface area contributed by atoms with Crippen molar-refractivity contribution < 1.29 is 29.4 Å². The predicted molar refractivity (Wildman–Crippen MR) is 167 cm³/mol. The summed E-state index contributed by atoms with van der Waals surface area (Å²) in [6, 6.07) is -0.0884. The zero-order valence-electron chi connectivity index (χ0n) is 35.4. The quantitative estimate of drug-likeness (QED) is 0.210. The first kappa shape index (κ1) is 11.8. The van der Waals surface area contributed by atoms with E-state index >= 15 is 0 Å². The lowest BCUT2D eigenvalue weighted by Crippen LogP contribution is -1.92. The van der Waals surface area contributed by atoms with Crippen molar-refractivity contribution in [1.82, 2.24) is 0 Å². The van der Waals surface area contributed by atoms with Gasteiger partial charge in [-0.15, -0.1) is 0 Å². The maximum Gasteiger partial charge on any atom is 0.147 e. The van der Waals surface area contributed by atoms with E-state index in [-0.39, 0.29) is 43.8 Å². The van der Waals surface area contributed by atoms with Crippen molar-refractivity contribution in [2.75, 3.05) is 0 Å². The molecule has 0 bridgehead atoms. The third kappa shape index (κ3) is 2.88. The van der Waals surface area contributed by atoms with Crippen LogP contribution in [0.25, 0.3) is 87.5 Å². The Kier molecular flexibility index (Phi) is 2.39. The molecule has 0 amide bonds. The highest BCUT2D eigenvalue weighted by Gasteiger charge is 2.23. The second kappa shape index (κ2) is 8.08. The first-order chi connectivity index (χ1) is 26.1. The Balaban J connectivity index is 1.68. The largest absolute Gasteiger partial charge is 0.464 e. The van der Waals surface area contributed by atoms with Gasteiger partial charge in [-0.2, -0.15) is 0 Å². The minimum absolute atomic E-state index is 0.0548. The molecule has 186 valence electrons. The van der Waals surface area contributed by atoms with E-state index in [4.69, 9.17) is 22.5 Å². The molecule has 7 aromatic carbocycles. The third-order valence-electron chi connectivity index (χ3n) is 7.27. The van der Waals surface area contributed by atoms with Gasteiger partial charge in [0.1, 0.15) is 16.7 Å². The number of rotatable bonds is 2. The van der Waals surface area contributed by atoms with Crippen LogP contribution in [0.2, 0.25) is 0 Å². The van der Waals surface area contributed by atoms with E-state index in [9.17, 15) is 6.85 Å². The van der Waals surface area contributed by atoms with Gasteiger partial charge < -0.3 is 8.83 Å². The van der Waals surface area contributed by atoms with E-state index in [0.29, 0.717) is 27.3 Å². The van der Waals surface area contributed by atoms with E-state index in [2.05, 4.69) is 0 Å². The average Bonchev–Trinajstić information content (AvgIpc) is 3.81. The van der Waals surface area contributed by atoms with E-state index in [1.54, 1.807) is 30.3 Å². The SMILES string of the molecule is [2H]c1c([2H])c([2H])c2c(-c3c4c([2H])c([2H])c([2H])c([2H])c4c(-c4cc5ccoc5c5c4oc4ccccc45)c4c([2H])c([2H])c([2H])c([2H])c34)c([2H])c([2H])c([2H])c2c1[2H]. The molecule has 0 atom stereocenters. The van der Waals surface area contributed by atoms with Crippen molar-refractivity contribution in [3.05, 3.63) is 133 Å². The van der Waals surface area contributed by atoms with Crippen molar-refractivity contribution in [3.8, 4) is 22.3 Å². The smallest absolute Gasteiger partial charge is 0.147 e. The van der Waals surface area contributed by atoms with Crippen LogP contribution in [0.1, 0.15) is 20.6 Å². The lowest BCUT2D eigenvalue weighted by atomic mass is 9.84. The molecule has 2 heteroatoms. The lowest BCUT2D eigenvalue weighted by Gasteiger charge is -2.19. The number of hydrogen-bond acceptors (Lipinski definition) is 2. The van der Waals surface area contributed by atoms with Crippen LogP contribution >= 0.6 is 0 Å². The zero-order valence-corrected chi connectivity index (χ0v) is 20.4. The molecule has 0 N–H and O–H groups in total. The van der Waals surface area contributed by atoms with E-state index in [1.807, 2.05) is 6.07 Å². The topological polar surface area (TPSA) is 26.3 Å². The molecule has 0 radical (unpaired) electrons. The van der Waals surface area contributed by atoms with E-state index < -0.39 is 107 Å². The summed E-state index contributed by atoms with van der Waals surface area (Å²) in [5, 5.41) is -0.330. The minimum Gasteiger partial charge on any atom is -0.464 e. The van der Waals surface area contributed by atoms with Gasteiger partial charge in [0, 0.05) is 21.9 Å². The van der Waals surface area contributed by atoms with Crippen LogP contribution in [0.15, 0.2) is 142 Å². The van der Waals surface area contributed by atoms with Crippen LogP contribution in [0.5, 0.6) is 0 Å². The molecule has 0 aliphatic carbocycles. The Labute approximate surface area is 250 Å². The molecule has 0 aliphatic heterocycles. The van der Waals surface area contributed by atoms with Crippen molar-refractivity contribution in [1.29, 1.82) is 0 Å². The first-order valence-corrected chi connectivity index (χ1v) is 12.4. The molecule has 9 aromatic rings. The number of fused-ring (bicyclic) bond motifs is 8. The number of benzene rings is 7. The van der Waals surface area contributed by atoms with E-state index in [0.717, 1.165) is 0 Å². The van der Waals surface area contributed by atoms with Crippen LogP contribution in [-0.4, -0.2) is 0 Å². The lowest BCUT2D eigenvalue weighted by molar-refractivity contribution is 0.618. The number of hydrogen-bond donors (Lipinski definition) is 0. The third-order valence-corrected chi connectivity index (χ3v) is 7.27. The monoisotopic (exact) mass is 525 g/mol. The molecule has 0 fully saturated rings. The summed E-state index contributed by atoms with van der Waals surface area (Å²) in [4.78, 5) is 0. The number of para-hydroxylation sites is 1. The van der Waals surface area contributed by atoms with Gasteiger partial charge in [0.15, 0.2) is 0 Å². The second-order valence-electron chi connectivity index (χ2n) is 9.32. The summed E-state index contributed by atoms with van der Waals surface area (Å²) < 4.78 is 146. The molecule has 0 spiro atoms. The molecule has 2 heterocycles. The van der Waals surface area contributed by atoms with Crippen molar-refractivity contribution >= 4 is 65.2 Å². The predicted octanol–water partition coefficient (Wildman–Crippen LogP) is 11.1. The van der Waals surface area contributed by atoms with Crippen LogP contribution in [0.4, 0.5) is 0 Å². The van der Waals surface area contributed by atoms with Crippen molar-refractivity contribution in [2.45, 2.75) is 0 Å². The van der Waals surface area contributed by atoms with Crippen LogP contribution < -0.4 is 0 Å². The Hall–Kier alpha value is -5.34. The van der Waals surface area contributed by atoms with Crippen molar-refractivity contribution in [2.24, 2.45) is 0 Å². The van der Waals surface area contributed by atoms with E-state index in [1.165, 1.54) is 6.26 Å². The normalized spacial score (nSPS) is 17.2. The van der Waals surface area contributed by atoms with Gasteiger partial charge in [0.25, 0.3) is 0 Å². The van der Waals surface area contributed by atoms with Crippen molar-refractivity contribution in [3.63, 3.8) is 0 Å². The minimum atomic E-state index is -0.769. The fourth-order valence-electron chi connectivity index (χ4n) is 5.65. The zero-order chi connectivity index (χ0) is 39.3. The fraction of sp³-hybridized carbons (Fsp3) is 0. The Morgan fingerprint density at radius 3 is 1.88 bits per heavy atom. The highest BCUT2D eigenvalue weighted by molar-refractivity contribution is 6.28. The molecule has 0 aliphatic rings. The standard InChI is InChI=1S/C38H22O2/c1-2-12-25-23(10-1)11-9-18-26(25)34-27-13-3-5-15-29(27)35(30-16-6-4-14-28(30)34)32-22-24-20-21-39-37(24)36-31-17-7-8-19-33(31)40-38(32)36/h1-22H/i1D,2D,3D,4D,5D,6D,9D,10D,11D,12D,13D,14D,15D,16D,18D. The maximum atomic E-state index is 9.38. The summed E-state index contributed by atoms with van der Waals surface area (Å²) in [5.41, 5.74) is 0.361. The molecule has 9 rings (SSSR count). The number of furan rings is 2. The van der Waals surface area contributed by atoms with Crippen LogP contribution in [-0.2, 0) is 0 Å². The Morgan fingerprint density at radius 1 is 0.500 bits per heavy atom. The highest BCUT2D eigenvalue weighted by atomic mass is 16.3. The molecule has 0 saturated heterocycles. The summed E-state index contributed by atoms with van der Waals surface area (Å²) >= 11 is 0. The Bertz CT molecular complexity index is 3180. The summed E-state index contributed by atoms with van der Waals surface area (Å²) in [6.07, 6.45) is 1.46. The van der Waals surface area contributed by atoms with Gasteiger partial charge in [-0.25, -0.2) is 0 Å². The maximum absolute atomic E-state index is 9.38. The average molecular weight is 526 g/mol. The van der Waals surface area contributed by atoms with Gasteiger partial charge in [-0.3, -0.25) is 0 Å². The van der Waals surface area contributed by atoms with Gasteiger partial charge in [0.2, 0.25) is 0 Å². The highest BCUT2D eigenvalue weighted by Crippen LogP contribution is 2.49. The molecular weight excluding hydrogens is 488 g/mol. The fourth-order valence-corrected chi connectivity index (χ4v) is 5.65. The Morgan fingerprint density at radius 2 is 1.12 bits per heavy atom. The van der Waals surface area contributed by atoms with Gasteiger partial charge in [0.05, 0.1) is 32.2 Å². The summed E-state index contributed by atoms with van der Waals surface area (Å²) in [6.45, 7) is 0.